The minimum atomic E-state index is -3.88. The fourth-order valence-corrected chi connectivity index (χ4v) is 6.85. The van der Waals surface area contributed by atoms with Gasteiger partial charge in [0.1, 0.15) is 17.6 Å². The molecule has 0 bridgehead atoms. The van der Waals surface area contributed by atoms with Crippen LogP contribution >= 0.6 is 0 Å². The maximum Gasteiger partial charge on any atom is 0.251 e. The number of ketones is 1. The molecule has 224 valence electrons. The molecule has 10 heteroatoms. The number of imidazole rings is 1. The summed E-state index contributed by atoms with van der Waals surface area (Å²) in [4.78, 5) is 29.6. The van der Waals surface area contributed by atoms with E-state index in [0.717, 1.165) is 5.56 Å². The summed E-state index contributed by atoms with van der Waals surface area (Å²) in [7, 11) is -3.88. The number of Topliss-reactive ketones (excluding diaryl/α,β-unsaturated/α-hetero) is 1. The topological polar surface area (TPSA) is 120 Å². The molecule has 2 aromatic heterocycles. The van der Waals surface area contributed by atoms with Crippen LogP contribution in [-0.2, 0) is 35.1 Å². The summed E-state index contributed by atoms with van der Waals surface area (Å²) in [5, 5.41) is 2.76. The molecular weight excluding hydrogens is 578 g/mol. The van der Waals surface area contributed by atoms with Gasteiger partial charge in [-0.3, -0.25) is 9.59 Å². The van der Waals surface area contributed by atoms with Gasteiger partial charge in [-0.1, -0.05) is 30.3 Å². The molecule has 1 amide bonds. The fourth-order valence-electron chi connectivity index (χ4n) is 5.43. The average Bonchev–Trinajstić information content (AvgIpc) is 3.76. The van der Waals surface area contributed by atoms with Gasteiger partial charge in [0.25, 0.3) is 5.91 Å². The van der Waals surface area contributed by atoms with Gasteiger partial charge in [-0.25, -0.2) is 13.4 Å². The van der Waals surface area contributed by atoms with Crippen molar-refractivity contribution in [2.24, 2.45) is 0 Å². The molecule has 0 radical (unpaired) electrons. The highest BCUT2D eigenvalue weighted by molar-refractivity contribution is 7.90. The number of furan rings is 1. The Kier molecular flexibility index (Phi) is 8.42. The summed E-state index contributed by atoms with van der Waals surface area (Å²) in [5.74, 6) is 0.334. The predicted molar refractivity (Wildman–Crippen MR) is 163 cm³/mol. The van der Waals surface area contributed by atoms with Crippen molar-refractivity contribution in [1.29, 1.82) is 0 Å². The minimum Gasteiger partial charge on any atom is -0.484 e. The standard InChI is InChI=1S/C34H31N3O6S/c38-31-10-4-9-28-29(31)15-16-32(43-33(21-37-18-17-35-23-37)24-6-2-1-3-7-24)30(28)22-44(40,41)27-13-11-25(12-14-27)34(39)36-20-26-8-5-19-42-26/h1-3,5-8,11-19,23,33H,4,9-10,20-22H2,(H,36,39)/t33-/m1/s1. The number of nitrogens with one attached hydrogen (secondary N) is 1. The summed E-state index contributed by atoms with van der Waals surface area (Å²) < 4.78 is 41.4. The Bertz CT molecular complexity index is 1850. The van der Waals surface area contributed by atoms with Crippen LogP contribution in [0.1, 0.15) is 62.1 Å². The van der Waals surface area contributed by atoms with Crippen LogP contribution in [0, 0.1) is 0 Å². The lowest BCUT2D eigenvalue weighted by atomic mass is 9.87. The fraction of sp³-hybridized carbons (Fsp3) is 0.206. The van der Waals surface area contributed by atoms with Crippen molar-refractivity contribution in [2.75, 3.05) is 0 Å². The molecule has 0 unspecified atom stereocenters. The Balaban J connectivity index is 1.29. The lowest BCUT2D eigenvalue weighted by Gasteiger charge is -2.25. The first-order valence-corrected chi connectivity index (χ1v) is 16.0. The lowest BCUT2D eigenvalue weighted by molar-refractivity contribution is 0.0945. The van der Waals surface area contributed by atoms with E-state index in [-0.39, 0.29) is 28.9 Å². The Hall–Kier alpha value is -4.96. The molecule has 0 saturated heterocycles. The molecule has 1 atom stereocenters. The molecule has 5 aromatic rings. The molecule has 1 aliphatic rings. The van der Waals surface area contributed by atoms with Gasteiger partial charge in [-0.2, -0.15) is 0 Å². The summed E-state index contributed by atoms with van der Waals surface area (Å²) in [6.07, 6.45) is 7.97. The van der Waals surface area contributed by atoms with Crippen LogP contribution in [-0.4, -0.2) is 29.7 Å². The van der Waals surface area contributed by atoms with Crippen molar-refractivity contribution in [3.63, 3.8) is 0 Å². The number of aromatic nitrogens is 2. The van der Waals surface area contributed by atoms with Crippen LogP contribution in [0.3, 0.4) is 0 Å². The maximum absolute atomic E-state index is 13.8. The van der Waals surface area contributed by atoms with Crippen LogP contribution in [0.5, 0.6) is 5.75 Å². The second-order valence-electron chi connectivity index (χ2n) is 10.7. The van der Waals surface area contributed by atoms with E-state index >= 15 is 0 Å². The predicted octanol–water partition coefficient (Wildman–Crippen LogP) is 5.72. The molecule has 0 aliphatic heterocycles. The quantitative estimate of drug-likeness (QED) is 0.203. The Morgan fingerprint density at radius 3 is 2.55 bits per heavy atom. The third kappa shape index (κ3) is 6.50. The Labute approximate surface area is 255 Å². The minimum absolute atomic E-state index is 0.000568. The number of carbonyl (C=O) groups excluding carboxylic acids is 2. The van der Waals surface area contributed by atoms with E-state index in [9.17, 15) is 18.0 Å². The summed E-state index contributed by atoms with van der Waals surface area (Å²) in [5.41, 5.74) is 2.99. The van der Waals surface area contributed by atoms with Gasteiger partial charge in [0.05, 0.1) is 36.3 Å². The molecule has 0 saturated carbocycles. The number of fused-ring (bicyclic) bond motifs is 1. The first-order valence-electron chi connectivity index (χ1n) is 14.4. The van der Waals surface area contributed by atoms with Gasteiger partial charge in [-0.15, -0.1) is 0 Å². The van der Waals surface area contributed by atoms with E-state index in [1.165, 1.54) is 30.5 Å². The molecule has 0 spiro atoms. The van der Waals surface area contributed by atoms with Gasteiger partial charge in [0.2, 0.25) is 0 Å². The number of rotatable bonds is 11. The molecule has 3 aromatic carbocycles. The molecule has 2 heterocycles. The number of carbonyl (C=O) groups is 2. The highest BCUT2D eigenvalue weighted by Crippen LogP contribution is 2.36. The normalized spacial score (nSPS) is 13.7. The van der Waals surface area contributed by atoms with Crippen LogP contribution < -0.4 is 10.1 Å². The maximum atomic E-state index is 13.8. The zero-order valence-corrected chi connectivity index (χ0v) is 24.7. The number of benzene rings is 3. The smallest absolute Gasteiger partial charge is 0.251 e. The summed E-state index contributed by atoms with van der Waals surface area (Å²) in [6, 6.07) is 22.5. The lowest BCUT2D eigenvalue weighted by Crippen LogP contribution is -2.22. The largest absolute Gasteiger partial charge is 0.484 e. The van der Waals surface area contributed by atoms with E-state index in [1.807, 2.05) is 41.1 Å². The van der Waals surface area contributed by atoms with Crippen molar-refractivity contribution < 1.29 is 27.2 Å². The number of hydrogen-bond acceptors (Lipinski definition) is 7. The van der Waals surface area contributed by atoms with E-state index in [4.69, 9.17) is 9.15 Å². The van der Waals surface area contributed by atoms with Crippen molar-refractivity contribution in [1.82, 2.24) is 14.9 Å². The van der Waals surface area contributed by atoms with Crippen LogP contribution in [0.25, 0.3) is 0 Å². The first-order chi connectivity index (χ1) is 21.4. The van der Waals surface area contributed by atoms with Gasteiger partial charge >= 0.3 is 0 Å². The highest BCUT2D eigenvalue weighted by atomic mass is 32.2. The molecule has 1 aliphatic carbocycles. The van der Waals surface area contributed by atoms with Crippen LogP contribution in [0.2, 0.25) is 0 Å². The number of hydrogen-bond donors (Lipinski definition) is 1. The average molecular weight is 610 g/mol. The SMILES string of the molecule is O=C(NCc1ccco1)c1ccc(S(=O)(=O)Cc2c(O[C@H](Cn3ccnc3)c3ccccc3)ccc3c2CCCC3=O)cc1. The number of ether oxygens (including phenoxy) is 1. The number of nitrogens with zero attached hydrogens (tertiary/aromatic N) is 2. The van der Waals surface area contributed by atoms with E-state index < -0.39 is 15.9 Å². The summed E-state index contributed by atoms with van der Waals surface area (Å²) in [6.45, 7) is 0.674. The molecule has 0 fully saturated rings. The first kappa shape index (κ1) is 29.1. The van der Waals surface area contributed by atoms with Crippen molar-refractivity contribution in [3.05, 3.63) is 137 Å². The summed E-state index contributed by atoms with van der Waals surface area (Å²) >= 11 is 0. The van der Waals surface area contributed by atoms with E-state index in [2.05, 4.69) is 10.3 Å². The monoisotopic (exact) mass is 609 g/mol. The van der Waals surface area contributed by atoms with Gasteiger partial charge < -0.3 is 19.0 Å². The second kappa shape index (κ2) is 12.7. The van der Waals surface area contributed by atoms with E-state index in [0.29, 0.717) is 59.6 Å². The third-order valence-electron chi connectivity index (χ3n) is 7.71. The number of amides is 1. The molecule has 6 rings (SSSR count). The van der Waals surface area contributed by atoms with Crippen LogP contribution in [0.15, 0.2) is 113 Å². The third-order valence-corrected chi connectivity index (χ3v) is 9.37. The van der Waals surface area contributed by atoms with Crippen molar-refractivity contribution in [3.8, 4) is 5.75 Å². The Morgan fingerprint density at radius 1 is 1.00 bits per heavy atom. The van der Waals surface area contributed by atoms with Gasteiger partial charge in [-0.05, 0) is 72.5 Å². The zero-order valence-electron chi connectivity index (χ0n) is 23.9. The van der Waals surface area contributed by atoms with Crippen molar-refractivity contribution in [2.45, 2.75) is 49.1 Å². The highest BCUT2D eigenvalue weighted by Gasteiger charge is 2.28. The van der Waals surface area contributed by atoms with Gasteiger partial charge in [0.15, 0.2) is 15.6 Å². The van der Waals surface area contributed by atoms with E-state index in [1.54, 1.807) is 36.8 Å². The van der Waals surface area contributed by atoms with Crippen LogP contribution in [0.4, 0.5) is 0 Å². The molecule has 1 N–H and O–H groups in total. The number of sulfone groups is 1. The molecule has 44 heavy (non-hydrogen) atoms. The van der Waals surface area contributed by atoms with Crippen molar-refractivity contribution >= 4 is 21.5 Å². The molecule has 9 nitrogen and oxygen atoms in total. The zero-order chi connectivity index (χ0) is 30.5. The molecular formula is C34H31N3O6S. The second-order valence-corrected chi connectivity index (χ2v) is 12.7. The van der Waals surface area contributed by atoms with Gasteiger partial charge in [0, 0.05) is 35.5 Å². The Morgan fingerprint density at radius 2 is 1.82 bits per heavy atom.